The van der Waals surface area contributed by atoms with Crippen molar-refractivity contribution in [1.82, 2.24) is 5.32 Å². The van der Waals surface area contributed by atoms with Gasteiger partial charge < -0.3 is 11.1 Å². The summed E-state index contributed by atoms with van der Waals surface area (Å²) in [7, 11) is 0. The Kier molecular flexibility index (Phi) is 3.80. The second-order valence-electron chi connectivity index (χ2n) is 4.91. The van der Waals surface area contributed by atoms with E-state index in [9.17, 15) is 14.9 Å². The Morgan fingerprint density at radius 1 is 1.58 bits per heavy atom. The SMILES string of the molecule is Cc1ccc(C(=O)NC(CN)C2CC2)cc1[N+](=O)[O-]. The molecule has 0 radical (unpaired) electrons. The summed E-state index contributed by atoms with van der Waals surface area (Å²) < 4.78 is 0. The van der Waals surface area contributed by atoms with Gasteiger partial charge in [-0.3, -0.25) is 14.9 Å². The van der Waals surface area contributed by atoms with Gasteiger partial charge in [0.25, 0.3) is 11.6 Å². The molecule has 1 aliphatic rings. The molecule has 1 saturated carbocycles. The second-order valence-corrected chi connectivity index (χ2v) is 4.91. The molecular formula is C13H17N3O3. The molecule has 0 heterocycles. The van der Waals surface area contributed by atoms with Crippen molar-refractivity contribution in [1.29, 1.82) is 0 Å². The first-order chi connectivity index (χ1) is 9.02. The largest absolute Gasteiger partial charge is 0.348 e. The maximum absolute atomic E-state index is 12.0. The summed E-state index contributed by atoms with van der Waals surface area (Å²) in [6, 6.07) is 4.46. The Hall–Kier alpha value is -1.95. The van der Waals surface area contributed by atoms with Crippen LogP contribution in [0.25, 0.3) is 0 Å². The van der Waals surface area contributed by atoms with E-state index in [0.29, 0.717) is 23.6 Å². The number of nitro benzene ring substituents is 1. The normalized spacial score (nSPS) is 15.9. The van der Waals surface area contributed by atoms with Gasteiger partial charge in [0.1, 0.15) is 0 Å². The van der Waals surface area contributed by atoms with E-state index in [1.807, 2.05) is 0 Å². The molecule has 0 saturated heterocycles. The van der Waals surface area contributed by atoms with Crippen LogP contribution in [0.2, 0.25) is 0 Å². The summed E-state index contributed by atoms with van der Waals surface area (Å²) in [5.74, 6) is 0.153. The van der Waals surface area contributed by atoms with E-state index in [0.717, 1.165) is 12.8 Å². The molecule has 1 fully saturated rings. The molecule has 6 nitrogen and oxygen atoms in total. The van der Waals surface area contributed by atoms with E-state index < -0.39 is 4.92 Å². The number of nitro groups is 1. The molecule has 3 N–H and O–H groups in total. The highest BCUT2D eigenvalue weighted by atomic mass is 16.6. The van der Waals surface area contributed by atoms with Gasteiger partial charge in [-0.2, -0.15) is 0 Å². The third-order valence-electron chi connectivity index (χ3n) is 3.43. The highest BCUT2D eigenvalue weighted by Gasteiger charge is 2.31. The van der Waals surface area contributed by atoms with E-state index in [1.165, 1.54) is 6.07 Å². The van der Waals surface area contributed by atoms with Gasteiger partial charge in [0.15, 0.2) is 0 Å². The highest BCUT2D eigenvalue weighted by Crippen LogP contribution is 2.32. The van der Waals surface area contributed by atoms with Gasteiger partial charge in [0.05, 0.1) is 4.92 Å². The Morgan fingerprint density at radius 2 is 2.26 bits per heavy atom. The Bertz CT molecular complexity index is 512. The van der Waals surface area contributed by atoms with E-state index in [4.69, 9.17) is 5.73 Å². The number of rotatable bonds is 5. The van der Waals surface area contributed by atoms with Gasteiger partial charge in [-0.25, -0.2) is 0 Å². The van der Waals surface area contributed by atoms with Crippen molar-refractivity contribution in [2.45, 2.75) is 25.8 Å². The van der Waals surface area contributed by atoms with Crippen molar-refractivity contribution >= 4 is 11.6 Å². The Morgan fingerprint density at radius 3 is 2.79 bits per heavy atom. The lowest BCUT2D eigenvalue weighted by Gasteiger charge is -2.16. The average Bonchev–Trinajstić information content (AvgIpc) is 3.20. The van der Waals surface area contributed by atoms with Crippen LogP contribution in [0.1, 0.15) is 28.8 Å². The second kappa shape index (κ2) is 5.36. The summed E-state index contributed by atoms with van der Waals surface area (Å²) in [4.78, 5) is 22.4. The maximum atomic E-state index is 12.0. The van der Waals surface area contributed by atoms with Gasteiger partial charge in [-0.15, -0.1) is 0 Å². The van der Waals surface area contributed by atoms with Crippen molar-refractivity contribution in [3.05, 3.63) is 39.4 Å². The van der Waals surface area contributed by atoms with Crippen LogP contribution < -0.4 is 11.1 Å². The summed E-state index contributed by atoms with van der Waals surface area (Å²) in [6.07, 6.45) is 2.16. The fraction of sp³-hybridized carbons (Fsp3) is 0.462. The summed E-state index contributed by atoms with van der Waals surface area (Å²) in [5, 5.41) is 13.7. The molecule has 0 spiro atoms. The van der Waals surface area contributed by atoms with Gasteiger partial charge in [0, 0.05) is 29.8 Å². The number of nitrogens with zero attached hydrogens (tertiary/aromatic N) is 1. The van der Waals surface area contributed by atoms with Crippen molar-refractivity contribution in [3.63, 3.8) is 0 Å². The van der Waals surface area contributed by atoms with Crippen molar-refractivity contribution < 1.29 is 9.72 Å². The predicted molar refractivity (Wildman–Crippen MR) is 70.9 cm³/mol. The number of carbonyl (C=O) groups excluding carboxylic acids is 1. The molecule has 102 valence electrons. The number of hydrogen-bond donors (Lipinski definition) is 2. The van der Waals surface area contributed by atoms with Gasteiger partial charge in [0.2, 0.25) is 0 Å². The van der Waals surface area contributed by atoms with Gasteiger partial charge in [-0.05, 0) is 31.7 Å². The number of aryl methyl sites for hydroxylation is 1. The van der Waals surface area contributed by atoms with Gasteiger partial charge >= 0.3 is 0 Å². The van der Waals surface area contributed by atoms with Crippen molar-refractivity contribution in [2.24, 2.45) is 11.7 Å². The zero-order valence-corrected chi connectivity index (χ0v) is 10.8. The molecule has 1 aromatic carbocycles. The average molecular weight is 263 g/mol. The Labute approximate surface area is 111 Å². The summed E-state index contributed by atoms with van der Waals surface area (Å²) >= 11 is 0. The maximum Gasteiger partial charge on any atom is 0.273 e. The molecule has 6 heteroatoms. The van der Waals surface area contributed by atoms with Crippen LogP contribution >= 0.6 is 0 Å². The molecule has 1 aliphatic carbocycles. The smallest absolute Gasteiger partial charge is 0.273 e. The molecule has 1 aromatic rings. The molecule has 2 rings (SSSR count). The lowest BCUT2D eigenvalue weighted by molar-refractivity contribution is -0.385. The first-order valence-electron chi connectivity index (χ1n) is 6.29. The van der Waals surface area contributed by atoms with Crippen molar-refractivity contribution in [2.75, 3.05) is 6.54 Å². The monoisotopic (exact) mass is 263 g/mol. The molecular weight excluding hydrogens is 246 g/mol. The first-order valence-corrected chi connectivity index (χ1v) is 6.29. The molecule has 0 bridgehead atoms. The first kappa shape index (κ1) is 13.5. The molecule has 1 amide bonds. The zero-order chi connectivity index (χ0) is 14.0. The number of nitrogens with two attached hydrogens (primary N) is 1. The predicted octanol–water partition coefficient (Wildman–Crippen LogP) is 1.37. The van der Waals surface area contributed by atoms with E-state index in [-0.39, 0.29) is 17.6 Å². The summed E-state index contributed by atoms with van der Waals surface area (Å²) in [6.45, 7) is 2.04. The quantitative estimate of drug-likeness (QED) is 0.619. The minimum Gasteiger partial charge on any atom is -0.348 e. The lowest BCUT2D eigenvalue weighted by atomic mass is 10.1. The highest BCUT2D eigenvalue weighted by molar-refractivity contribution is 5.95. The van der Waals surface area contributed by atoms with E-state index in [1.54, 1.807) is 19.1 Å². The fourth-order valence-electron chi connectivity index (χ4n) is 2.07. The molecule has 1 unspecified atom stereocenters. The summed E-state index contributed by atoms with van der Waals surface area (Å²) in [5.41, 5.74) is 6.42. The van der Waals surface area contributed by atoms with Crippen molar-refractivity contribution in [3.8, 4) is 0 Å². The lowest BCUT2D eigenvalue weighted by Crippen LogP contribution is -2.41. The molecule has 1 atom stereocenters. The third-order valence-corrected chi connectivity index (χ3v) is 3.43. The number of carbonyl (C=O) groups is 1. The Balaban J connectivity index is 2.14. The molecule has 0 aromatic heterocycles. The van der Waals surface area contributed by atoms with Crippen LogP contribution in [0.4, 0.5) is 5.69 Å². The fourth-order valence-corrected chi connectivity index (χ4v) is 2.07. The molecule has 0 aliphatic heterocycles. The third kappa shape index (κ3) is 3.08. The van der Waals surface area contributed by atoms with E-state index in [2.05, 4.69) is 5.32 Å². The van der Waals surface area contributed by atoms with Crippen LogP contribution in [0.5, 0.6) is 0 Å². The number of amides is 1. The minimum atomic E-state index is -0.479. The standard InChI is InChI=1S/C13H17N3O3/c1-8-2-3-10(6-12(8)16(18)19)13(17)15-11(7-14)9-4-5-9/h2-3,6,9,11H,4-5,7,14H2,1H3,(H,15,17). The number of nitrogens with one attached hydrogen (secondary N) is 1. The zero-order valence-electron chi connectivity index (χ0n) is 10.8. The van der Waals surface area contributed by atoms with Crippen LogP contribution in [0.15, 0.2) is 18.2 Å². The van der Waals surface area contributed by atoms with Crippen LogP contribution in [-0.2, 0) is 0 Å². The van der Waals surface area contributed by atoms with Gasteiger partial charge in [-0.1, -0.05) is 6.07 Å². The van der Waals surface area contributed by atoms with E-state index >= 15 is 0 Å². The topological polar surface area (TPSA) is 98.3 Å². The number of hydrogen-bond acceptors (Lipinski definition) is 4. The van der Waals surface area contributed by atoms with Crippen LogP contribution in [-0.4, -0.2) is 23.4 Å². The van der Waals surface area contributed by atoms with Crippen LogP contribution in [0.3, 0.4) is 0 Å². The number of benzene rings is 1. The minimum absolute atomic E-state index is 0.0344. The van der Waals surface area contributed by atoms with Crippen LogP contribution in [0, 0.1) is 23.0 Å². The molecule has 19 heavy (non-hydrogen) atoms.